The van der Waals surface area contributed by atoms with E-state index >= 15 is 0 Å². The van der Waals surface area contributed by atoms with Crippen LogP contribution in [0, 0.1) is 0 Å². The van der Waals surface area contributed by atoms with Gasteiger partial charge in [0.05, 0.1) is 16.6 Å². The number of nitrogens with two attached hydrogens (primary N) is 1. The van der Waals surface area contributed by atoms with Crippen LogP contribution in [0.5, 0.6) is 0 Å². The third-order valence-corrected chi connectivity index (χ3v) is 3.27. The molecule has 4 N–H and O–H groups in total. The summed E-state index contributed by atoms with van der Waals surface area (Å²) in [6, 6.07) is 9.78. The summed E-state index contributed by atoms with van der Waals surface area (Å²) < 4.78 is 0. The van der Waals surface area contributed by atoms with E-state index in [4.69, 9.17) is 5.84 Å². The Balaban J connectivity index is 2.68. The van der Waals surface area contributed by atoms with Crippen molar-refractivity contribution in [3.05, 3.63) is 47.5 Å². The monoisotopic (exact) mass is 306 g/mol. The van der Waals surface area contributed by atoms with E-state index in [1.165, 1.54) is 17.3 Å². The van der Waals surface area contributed by atoms with Gasteiger partial charge < -0.3 is 16.5 Å². The van der Waals surface area contributed by atoms with Crippen molar-refractivity contribution in [2.45, 2.75) is 32.4 Å². The first-order valence-electron chi connectivity index (χ1n) is 6.71. The first kappa shape index (κ1) is 17.3. The minimum atomic E-state index is -0.320. The number of hydrogen-bond donors (Lipinski definition) is 3. The van der Waals surface area contributed by atoms with Crippen LogP contribution in [-0.2, 0) is 11.2 Å². The average molecular weight is 306 g/mol. The van der Waals surface area contributed by atoms with Gasteiger partial charge in [-0.25, -0.2) is 0 Å². The van der Waals surface area contributed by atoms with Crippen LogP contribution in [-0.4, -0.2) is 23.5 Å². The third kappa shape index (κ3) is 6.97. The molecular formula is C15H22N4OS. The fourth-order valence-electron chi connectivity index (χ4n) is 1.83. The van der Waals surface area contributed by atoms with Crippen LogP contribution in [0.15, 0.2) is 47.0 Å². The standard InChI is InChI=1S/C15H22N4OS/c1-11(2)18-14(9-13-7-5-4-6-8-13)15(20)19-12(3)21-10-17-16/h4-8,10-11,14,18H,3,9,16H2,1-2H3,(H,19,20)/b17-10-. The van der Waals surface area contributed by atoms with Crippen molar-refractivity contribution in [1.29, 1.82) is 0 Å². The molecule has 0 fully saturated rings. The Bertz CT molecular complexity index is 488. The molecule has 0 heterocycles. The molecule has 0 spiro atoms. The maximum atomic E-state index is 12.3. The fourth-order valence-corrected chi connectivity index (χ4v) is 2.18. The topological polar surface area (TPSA) is 79.5 Å². The van der Waals surface area contributed by atoms with E-state index in [2.05, 4.69) is 22.3 Å². The van der Waals surface area contributed by atoms with E-state index in [0.717, 1.165) is 5.56 Å². The van der Waals surface area contributed by atoms with Crippen molar-refractivity contribution < 1.29 is 4.79 Å². The van der Waals surface area contributed by atoms with Gasteiger partial charge in [0.2, 0.25) is 5.91 Å². The lowest BCUT2D eigenvalue weighted by atomic mass is 10.0. The second kappa shape index (κ2) is 9.20. The zero-order valence-electron chi connectivity index (χ0n) is 12.4. The van der Waals surface area contributed by atoms with E-state index in [-0.39, 0.29) is 18.0 Å². The SMILES string of the molecule is C=C(NC(=O)C(Cc1ccccc1)NC(C)C)S/C=N\N. The van der Waals surface area contributed by atoms with E-state index in [1.54, 1.807) is 0 Å². The number of nitrogens with one attached hydrogen (secondary N) is 2. The largest absolute Gasteiger partial charge is 0.323 e. The fraction of sp³-hybridized carbons (Fsp3) is 0.333. The third-order valence-electron chi connectivity index (χ3n) is 2.65. The summed E-state index contributed by atoms with van der Waals surface area (Å²) >= 11 is 1.18. The summed E-state index contributed by atoms with van der Waals surface area (Å²) in [6.07, 6.45) is 0.619. The van der Waals surface area contributed by atoms with Crippen molar-refractivity contribution in [3.8, 4) is 0 Å². The van der Waals surface area contributed by atoms with Crippen LogP contribution in [0.4, 0.5) is 0 Å². The maximum Gasteiger partial charge on any atom is 0.242 e. The van der Waals surface area contributed by atoms with Crippen molar-refractivity contribution in [2.75, 3.05) is 0 Å². The Morgan fingerprint density at radius 1 is 1.43 bits per heavy atom. The number of thioether (sulfide) groups is 1. The molecule has 6 heteroatoms. The first-order valence-corrected chi connectivity index (χ1v) is 7.59. The number of carbonyl (C=O) groups is 1. The summed E-state index contributed by atoms with van der Waals surface area (Å²) in [5, 5.41) is 9.88. The van der Waals surface area contributed by atoms with Gasteiger partial charge in [0.1, 0.15) is 0 Å². The molecule has 1 aromatic rings. The summed E-state index contributed by atoms with van der Waals surface area (Å²) in [4.78, 5) is 12.3. The minimum absolute atomic E-state index is 0.115. The van der Waals surface area contributed by atoms with Crippen molar-refractivity contribution in [2.24, 2.45) is 10.9 Å². The minimum Gasteiger partial charge on any atom is -0.323 e. The Labute approximate surface area is 130 Å². The Hall–Kier alpha value is -1.79. The van der Waals surface area contributed by atoms with Gasteiger partial charge in [-0.2, -0.15) is 5.10 Å². The summed E-state index contributed by atoms with van der Waals surface area (Å²) in [7, 11) is 0. The van der Waals surface area contributed by atoms with Crippen molar-refractivity contribution in [1.82, 2.24) is 10.6 Å². The molecule has 0 saturated carbocycles. The van der Waals surface area contributed by atoms with Crippen LogP contribution in [0.1, 0.15) is 19.4 Å². The number of rotatable bonds is 8. The molecule has 0 aliphatic carbocycles. The van der Waals surface area contributed by atoms with Gasteiger partial charge >= 0.3 is 0 Å². The second-order valence-corrected chi connectivity index (χ2v) is 5.79. The quantitative estimate of drug-likeness (QED) is 0.296. The predicted octanol–water partition coefficient (Wildman–Crippen LogP) is 1.82. The number of hydrazone groups is 1. The maximum absolute atomic E-state index is 12.3. The van der Waals surface area contributed by atoms with Gasteiger partial charge in [0.15, 0.2) is 0 Å². The molecule has 0 aliphatic heterocycles. The molecule has 1 unspecified atom stereocenters. The highest BCUT2D eigenvalue weighted by molar-refractivity contribution is 8.15. The lowest BCUT2D eigenvalue weighted by Crippen LogP contribution is -2.47. The highest BCUT2D eigenvalue weighted by Crippen LogP contribution is 2.08. The molecular weight excluding hydrogens is 284 g/mol. The number of carbonyl (C=O) groups excluding carboxylic acids is 1. The molecule has 0 bridgehead atoms. The van der Waals surface area contributed by atoms with E-state index < -0.39 is 0 Å². The number of nitrogens with zero attached hydrogens (tertiary/aromatic N) is 1. The van der Waals surface area contributed by atoms with Crippen molar-refractivity contribution >= 4 is 23.2 Å². The van der Waals surface area contributed by atoms with Gasteiger partial charge in [-0.3, -0.25) is 4.79 Å². The molecule has 114 valence electrons. The smallest absolute Gasteiger partial charge is 0.242 e. The van der Waals surface area contributed by atoms with Crippen molar-refractivity contribution in [3.63, 3.8) is 0 Å². The highest BCUT2D eigenvalue weighted by atomic mass is 32.2. The van der Waals surface area contributed by atoms with Crippen LogP contribution in [0.25, 0.3) is 0 Å². The zero-order valence-corrected chi connectivity index (χ0v) is 13.2. The molecule has 5 nitrogen and oxygen atoms in total. The zero-order chi connectivity index (χ0) is 15.7. The van der Waals surface area contributed by atoms with E-state index in [0.29, 0.717) is 11.4 Å². The highest BCUT2D eigenvalue weighted by Gasteiger charge is 2.20. The van der Waals surface area contributed by atoms with Gasteiger partial charge in [-0.15, -0.1) is 0 Å². The summed E-state index contributed by atoms with van der Waals surface area (Å²) in [6.45, 7) is 7.78. The lowest BCUT2D eigenvalue weighted by molar-refractivity contribution is -0.122. The number of hydrogen-bond acceptors (Lipinski definition) is 5. The van der Waals surface area contributed by atoms with Gasteiger partial charge in [0, 0.05) is 6.04 Å². The van der Waals surface area contributed by atoms with Crippen LogP contribution < -0.4 is 16.5 Å². The molecule has 1 rings (SSSR count). The molecule has 0 saturated heterocycles. The Kier molecular flexibility index (Phi) is 7.56. The molecule has 0 radical (unpaired) electrons. The molecule has 1 atom stereocenters. The summed E-state index contributed by atoms with van der Waals surface area (Å²) in [5.41, 5.74) is 2.53. The summed E-state index contributed by atoms with van der Waals surface area (Å²) in [5.74, 6) is 4.90. The molecule has 0 aliphatic rings. The molecule has 0 aromatic heterocycles. The van der Waals surface area contributed by atoms with E-state index in [9.17, 15) is 4.79 Å². The first-order chi connectivity index (χ1) is 10.0. The van der Waals surface area contributed by atoms with E-state index in [1.807, 2.05) is 44.2 Å². The number of benzene rings is 1. The van der Waals surface area contributed by atoms with Gasteiger partial charge in [0.25, 0.3) is 0 Å². The second-order valence-electron chi connectivity index (χ2n) is 4.85. The Morgan fingerprint density at radius 3 is 2.67 bits per heavy atom. The lowest BCUT2D eigenvalue weighted by Gasteiger charge is -2.21. The predicted molar refractivity (Wildman–Crippen MR) is 89.8 cm³/mol. The molecule has 1 amide bonds. The van der Waals surface area contributed by atoms with Crippen LogP contribution >= 0.6 is 11.8 Å². The normalized spacial score (nSPS) is 12.5. The Morgan fingerprint density at radius 2 is 2.10 bits per heavy atom. The van der Waals surface area contributed by atoms with Crippen LogP contribution in [0.2, 0.25) is 0 Å². The van der Waals surface area contributed by atoms with Gasteiger partial charge in [-0.05, 0) is 12.0 Å². The molecule has 21 heavy (non-hydrogen) atoms. The number of amides is 1. The molecule has 1 aromatic carbocycles. The van der Waals surface area contributed by atoms with Crippen LogP contribution in [0.3, 0.4) is 0 Å². The van der Waals surface area contributed by atoms with Gasteiger partial charge in [-0.1, -0.05) is 62.5 Å². The average Bonchev–Trinajstić information content (AvgIpc) is 2.45.